The molecule has 0 unspecified atom stereocenters. The molecule has 1 aromatic carbocycles. The largest absolute Gasteiger partial charge is 0.345 e. The fourth-order valence-electron chi connectivity index (χ4n) is 2.84. The maximum absolute atomic E-state index is 13.6. The molecule has 5 nitrogen and oxygen atoms in total. The van der Waals surface area contributed by atoms with Gasteiger partial charge in [0, 0.05) is 12.7 Å². The summed E-state index contributed by atoms with van der Waals surface area (Å²) >= 11 is 0. The summed E-state index contributed by atoms with van der Waals surface area (Å²) in [7, 11) is 0. The van der Waals surface area contributed by atoms with Crippen LogP contribution in [0.2, 0.25) is 0 Å². The van der Waals surface area contributed by atoms with E-state index < -0.39 is 23.1 Å². The van der Waals surface area contributed by atoms with Crippen LogP contribution in [0.1, 0.15) is 35.9 Å². The van der Waals surface area contributed by atoms with Crippen LogP contribution >= 0.6 is 0 Å². The lowest BCUT2D eigenvalue weighted by molar-refractivity contribution is 0.0939. The van der Waals surface area contributed by atoms with Crippen LogP contribution in [0.4, 0.5) is 8.78 Å². The van der Waals surface area contributed by atoms with Crippen molar-refractivity contribution in [1.82, 2.24) is 14.9 Å². The van der Waals surface area contributed by atoms with E-state index in [1.165, 1.54) is 10.6 Å². The van der Waals surface area contributed by atoms with E-state index in [1.807, 2.05) is 6.92 Å². The van der Waals surface area contributed by atoms with Gasteiger partial charge in [0.25, 0.3) is 11.5 Å². The summed E-state index contributed by atoms with van der Waals surface area (Å²) in [5.41, 5.74) is 0.271. The Kier molecular flexibility index (Phi) is 5.59. The molecule has 0 aliphatic carbocycles. The molecule has 0 aliphatic rings. The van der Waals surface area contributed by atoms with Crippen molar-refractivity contribution in [2.24, 2.45) is 0 Å². The van der Waals surface area contributed by atoms with E-state index in [4.69, 9.17) is 0 Å². The van der Waals surface area contributed by atoms with Gasteiger partial charge in [-0.3, -0.25) is 14.6 Å². The summed E-state index contributed by atoms with van der Waals surface area (Å²) in [5, 5.41) is 2.96. The van der Waals surface area contributed by atoms with Crippen molar-refractivity contribution in [1.29, 1.82) is 0 Å². The maximum Gasteiger partial charge on any atom is 0.268 e. The molecule has 1 amide bonds. The van der Waals surface area contributed by atoms with Gasteiger partial charge in [0.1, 0.15) is 5.69 Å². The third-order valence-electron chi connectivity index (χ3n) is 4.28. The SMILES string of the molecule is CCCCn1c(C(=O)NCc2ccccn2)cc2cc(F)c(F)cc2c1=O. The lowest BCUT2D eigenvalue weighted by Gasteiger charge is -2.14. The Balaban J connectivity index is 2.02. The molecule has 27 heavy (non-hydrogen) atoms. The quantitative estimate of drug-likeness (QED) is 0.722. The van der Waals surface area contributed by atoms with Gasteiger partial charge in [0.15, 0.2) is 11.6 Å². The minimum absolute atomic E-state index is 0.0475. The second-order valence-electron chi connectivity index (χ2n) is 6.20. The number of rotatable bonds is 6. The summed E-state index contributed by atoms with van der Waals surface area (Å²) in [6.45, 7) is 2.47. The lowest BCUT2D eigenvalue weighted by Crippen LogP contribution is -2.32. The van der Waals surface area contributed by atoms with Crippen LogP contribution in [0.5, 0.6) is 0 Å². The maximum atomic E-state index is 13.6. The molecule has 0 fully saturated rings. The van der Waals surface area contributed by atoms with Crippen molar-refractivity contribution < 1.29 is 13.6 Å². The Hall–Kier alpha value is -3.09. The summed E-state index contributed by atoms with van der Waals surface area (Å²) < 4.78 is 28.5. The minimum Gasteiger partial charge on any atom is -0.345 e. The van der Waals surface area contributed by atoms with Crippen LogP contribution in [0.15, 0.2) is 47.4 Å². The molecule has 3 aromatic rings. The Morgan fingerprint density at radius 3 is 2.67 bits per heavy atom. The van der Waals surface area contributed by atoms with Gasteiger partial charge in [0.2, 0.25) is 0 Å². The number of hydrogen-bond donors (Lipinski definition) is 1. The molecule has 7 heteroatoms. The second-order valence-corrected chi connectivity index (χ2v) is 6.20. The van der Waals surface area contributed by atoms with Gasteiger partial charge < -0.3 is 9.88 Å². The number of fused-ring (bicyclic) bond motifs is 1. The Bertz CT molecular complexity index is 1030. The van der Waals surface area contributed by atoms with E-state index in [9.17, 15) is 18.4 Å². The van der Waals surface area contributed by atoms with Crippen molar-refractivity contribution in [3.8, 4) is 0 Å². The zero-order valence-corrected chi connectivity index (χ0v) is 14.8. The van der Waals surface area contributed by atoms with E-state index in [0.717, 1.165) is 18.6 Å². The molecule has 0 atom stereocenters. The highest BCUT2D eigenvalue weighted by Gasteiger charge is 2.17. The van der Waals surface area contributed by atoms with Gasteiger partial charge in [-0.2, -0.15) is 0 Å². The lowest BCUT2D eigenvalue weighted by atomic mass is 10.1. The van der Waals surface area contributed by atoms with Gasteiger partial charge in [-0.1, -0.05) is 19.4 Å². The molecular formula is C20H19F2N3O2. The highest BCUT2D eigenvalue weighted by atomic mass is 19.2. The smallest absolute Gasteiger partial charge is 0.268 e. The first-order valence-corrected chi connectivity index (χ1v) is 8.72. The molecule has 0 spiro atoms. The molecule has 140 valence electrons. The van der Waals surface area contributed by atoms with E-state index in [0.29, 0.717) is 18.7 Å². The number of hydrogen-bond acceptors (Lipinski definition) is 3. The highest BCUT2D eigenvalue weighted by molar-refractivity contribution is 5.96. The standard InChI is InChI=1S/C20H19F2N3O2/c1-2-3-8-25-18(19(26)24-12-14-6-4-5-7-23-14)10-13-9-16(21)17(22)11-15(13)20(25)27/h4-7,9-11H,2-3,8,12H2,1H3,(H,24,26). The molecule has 0 bridgehead atoms. The van der Waals surface area contributed by atoms with Crippen LogP contribution in [-0.4, -0.2) is 15.5 Å². The Morgan fingerprint density at radius 1 is 1.19 bits per heavy atom. The molecule has 0 saturated carbocycles. The number of pyridine rings is 2. The molecule has 0 aliphatic heterocycles. The van der Waals surface area contributed by atoms with Crippen molar-refractivity contribution in [2.45, 2.75) is 32.9 Å². The van der Waals surface area contributed by atoms with Gasteiger partial charge >= 0.3 is 0 Å². The molecule has 0 saturated heterocycles. The van der Waals surface area contributed by atoms with E-state index in [-0.39, 0.29) is 23.0 Å². The van der Waals surface area contributed by atoms with E-state index in [2.05, 4.69) is 10.3 Å². The fraction of sp³-hybridized carbons (Fsp3) is 0.250. The Labute approximate surface area is 154 Å². The molecule has 3 rings (SSSR count). The van der Waals surface area contributed by atoms with Crippen molar-refractivity contribution in [2.75, 3.05) is 0 Å². The predicted octanol–water partition coefficient (Wildman–Crippen LogP) is 3.40. The summed E-state index contributed by atoms with van der Waals surface area (Å²) in [6.07, 6.45) is 3.11. The molecule has 1 N–H and O–H groups in total. The summed E-state index contributed by atoms with van der Waals surface area (Å²) in [4.78, 5) is 29.6. The van der Waals surface area contributed by atoms with Crippen LogP contribution < -0.4 is 10.9 Å². The van der Waals surface area contributed by atoms with E-state index >= 15 is 0 Å². The van der Waals surface area contributed by atoms with Crippen LogP contribution in [0, 0.1) is 11.6 Å². The number of nitrogens with zero attached hydrogens (tertiary/aromatic N) is 2. The van der Waals surface area contributed by atoms with Crippen molar-refractivity contribution in [3.05, 3.63) is 76.0 Å². The zero-order valence-electron chi connectivity index (χ0n) is 14.8. The molecule has 2 heterocycles. The number of carbonyl (C=O) groups is 1. The number of aromatic nitrogens is 2. The number of benzene rings is 1. The predicted molar refractivity (Wildman–Crippen MR) is 98.4 cm³/mol. The molecule has 2 aromatic heterocycles. The minimum atomic E-state index is -1.09. The summed E-state index contributed by atoms with van der Waals surface area (Å²) in [5.74, 6) is -2.62. The first-order chi connectivity index (χ1) is 13.0. The first kappa shape index (κ1) is 18.7. The number of unbranched alkanes of at least 4 members (excludes halogenated alkanes) is 1. The van der Waals surface area contributed by atoms with Gasteiger partial charge in [0.05, 0.1) is 17.6 Å². The third kappa shape index (κ3) is 4.02. The van der Waals surface area contributed by atoms with Crippen LogP contribution in [0.25, 0.3) is 10.8 Å². The Morgan fingerprint density at radius 2 is 1.96 bits per heavy atom. The van der Waals surface area contributed by atoms with Gasteiger partial charge in [-0.05, 0) is 42.1 Å². The number of halogens is 2. The topological polar surface area (TPSA) is 64.0 Å². The van der Waals surface area contributed by atoms with Crippen LogP contribution in [0.3, 0.4) is 0 Å². The van der Waals surface area contributed by atoms with Crippen molar-refractivity contribution in [3.63, 3.8) is 0 Å². The number of amides is 1. The van der Waals surface area contributed by atoms with Gasteiger partial charge in [-0.25, -0.2) is 8.78 Å². The normalized spacial score (nSPS) is 10.9. The first-order valence-electron chi connectivity index (χ1n) is 8.72. The fourth-order valence-corrected chi connectivity index (χ4v) is 2.84. The van der Waals surface area contributed by atoms with E-state index in [1.54, 1.807) is 24.4 Å². The third-order valence-corrected chi connectivity index (χ3v) is 4.28. The zero-order chi connectivity index (χ0) is 19.4. The molecular weight excluding hydrogens is 352 g/mol. The van der Waals surface area contributed by atoms with Gasteiger partial charge in [-0.15, -0.1) is 0 Å². The van der Waals surface area contributed by atoms with Crippen LogP contribution in [-0.2, 0) is 13.1 Å². The second kappa shape index (κ2) is 8.07. The number of nitrogens with one attached hydrogen (secondary N) is 1. The molecule has 0 radical (unpaired) electrons. The monoisotopic (exact) mass is 371 g/mol. The average molecular weight is 371 g/mol. The summed E-state index contributed by atoms with van der Waals surface area (Å²) in [6, 6.07) is 8.58. The highest BCUT2D eigenvalue weighted by Crippen LogP contribution is 2.18. The average Bonchev–Trinajstić information content (AvgIpc) is 2.67. The number of carbonyl (C=O) groups excluding carboxylic acids is 1. The van der Waals surface area contributed by atoms with Crippen molar-refractivity contribution >= 4 is 16.7 Å².